The molecule has 28 heavy (non-hydrogen) atoms. The minimum atomic E-state index is -0.423. The number of anilines is 1. The molecule has 7 heteroatoms. The highest BCUT2D eigenvalue weighted by Gasteiger charge is 2.13. The van der Waals surface area contributed by atoms with Crippen molar-refractivity contribution < 1.29 is 9.59 Å². The molecular formula is C21H23Cl2N3O2. The molecule has 0 atom stereocenters. The summed E-state index contributed by atoms with van der Waals surface area (Å²) < 4.78 is 0. The number of halogens is 2. The van der Waals surface area contributed by atoms with Gasteiger partial charge in [0.1, 0.15) is 0 Å². The van der Waals surface area contributed by atoms with Gasteiger partial charge >= 0.3 is 0 Å². The van der Waals surface area contributed by atoms with Crippen molar-refractivity contribution >= 4 is 40.7 Å². The summed E-state index contributed by atoms with van der Waals surface area (Å²) in [5, 5.41) is 6.03. The van der Waals surface area contributed by atoms with Crippen LogP contribution >= 0.6 is 23.2 Å². The molecule has 3 rings (SSSR count). The Hall–Kier alpha value is -2.08. The van der Waals surface area contributed by atoms with Gasteiger partial charge in [0.15, 0.2) is 0 Å². The minimum absolute atomic E-state index is 0.146. The molecule has 148 valence electrons. The summed E-state index contributed by atoms with van der Waals surface area (Å²) in [6, 6.07) is 12.4. The first-order valence-electron chi connectivity index (χ1n) is 9.35. The number of amides is 2. The lowest BCUT2D eigenvalue weighted by Crippen LogP contribution is -2.33. The quantitative estimate of drug-likeness (QED) is 0.731. The third kappa shape index (κ3) is 5.96. The molecule has 0 aromatic heterocycles. The van der Waals surface area contributed by atoms with Gasteiger partial charge in [0.05, 0.1) is 17.1 Å². The van der Waals surface area contributed by atoms with Gasteiger partial charge in [0, 0.05) is 17.3 Å². The van der Waals surface area contributed by atoms with Gasteiger partial charge in [-0.1, -0.05) is 41.8 Å². The smallest absolute Gasteiger partial charge is 0.253 e. The van der Waals surface area contributed by atoms with E-state index in [9.17, 15) is 9.59 Å². The minimum Gasteiger partial charge on any atom is -0.343 e. The van der Waals surface area contributed by atoms with Crippen molar-refractivity contribution in [2.45, 2.75) is 25.8 Å². The number of rotatable bonds is 6. The number of carbonyl (C=O) groups is 2. The maximum Gasteiger partial charge on any atom is 0.253 e. The number of carbonyl (C=O) groups excluding carboxylic acids is 2. The number of benzene rings is 2. The molecule has 0 unspecified atom stereocenters. The Labute approximate surface area is 175 Å². The Morgan fingerprint density at radius 2 is 1.68 bits per heavy atom. The number of hydrogen-bond donors (Lipinski definition) is 2. The molecule has 2 amide bonds. The summed E-state index contributed by atoms with van der Waals surface area (Å²) in [4.78, 5) is 26.7. The average molecular weight is 420 g/mol. The Morgan fingerprint density at radius 3 is 2.36 bits per heavy atom. The van der Waals surface area contributed by atoms with Gasteiger partial charge in [-0.25, -0.2) is 0 Å². The fourth-order valence-corrected chi connectivity index (χ4v) is 3.70. The fraction of sp³-hybridized carbons (Fsp3) is 0.333. The van der Waals surface area contributed by atoms with E-state index in [1.54, 1.807) is 6.07 Å². The molecular weight excluding hydrogens is 397 g/mol. The predicted molar refractivity (Wildman–Crippen MR) is 113 cm³/mol. The predicted octanol–water partition coefficient (Wildman–Crippen LogP) is 4.35. The Bertz CT molecular complexity index is 834. The topological polar surface area (TPSA) is 61.4 Å². The van der Waals surface area contributed by atoms with Crippen LogP contribution in [-0.2, 0) is 11.3 Å². The third-order valence-electron chi connectivity index (χ3n) is 4.68. The van der Waals surface area contributed by atoms with E-state index in [2.05, 4.69) is 15.5 Å². The van der Waals surface area contributed by atoms with Gasteiger partial charge in [-0.15, -0.1) is 0 Å². The normalized spacial score (nSPS) is 14.5. The number of nitrogens with one attached hydrogen (secondary N) is 2. The summed E-state index contributed by atoms with van der Waals surface area (Å²) >= 11 is 11.8. The second kappa shape index (κ2) is 9.92. The molecule has 1 aliphatic heterocycles. The largest absolute Gasteiger partial charge is 0.343 e. The number of piperidine rings is 1. The zero-order chi connectivity index (χ0) is 19.9. The molecule has 2 aromatic carbocycles. The second-order valence-corrected chi connectivity index (χ2v) is 7.73. The first-order valence-corrected chi connectivity index (χ1v) is 10.1. The lowest BCUT2D eigenvalue weighted by atomic mass is 10.1. The summed E-state index contributed by atoms with van der Waals surface area (Å²) in [5.74, 6) is -0.726. The summed E-state index contributed by atoms with van der Waals surface area (Å²) in [5.41, 5.74) is 2.21. The van der Waals surface area contributed by atoms with Gasteiger partial charge in [0.2, 0.25) is 5.91 Å². The molecule has 2 aromatic rings. The standard InChI is InChI=1S/C21H23Cl2N3O2/c22-16-6-9-18(19(23)12-16)21(28)24-13-20(27)25-17-7-4-15(5-8-17)14-26-10-2-1-3-11-26/h4-9,12H,1-3,10-11,13-14H2,(H,24,28)(H,25,27). The van der Waals surface area contributed by atoms with Gasteiger partial charge in [-0.05, 0) is 61.8 Å². The van der Waals surface area contributed by atoms with Gasteiger partial charge in [-0.2, -0.15) is 0 Å². The van der Waals surface area contributed by atoms with Crippen LogP contribution in [0.5, 0.6) is 0 Å². The molecule has 0 bridgehead atoms. The van der Waals surface area contributed by atoms with Gasteiger partial charge in [-0.3, -0.25) is 14.5 Å². The summed E-state index contributed by atoms with van der Waals surface area (Å²) in [7, 11) is 0. The van der Waals surface area contributed by atoms with Crippen molar-refractivity contribution in [1.82, 2.24) is 10.2 Å². The summed E-state index contributed by atoms with van der Waals surface area (Å²) in [6.07, 6.45) is 3.85. The van der Waals surface area contributed by atoms with Crippen LogP contribution in [0.15, 0.2) is 42.5 Å². The highest BCUT2D eigenvalue weighted by molar-refractivity contribution is 6.36. The number of nitrogens with zero attached hydrogens (tertiary/aromatic N) is 1. The van der Waals surface area contributed by atoms with Crippen molar-refractivity contribution in [3.8, 4) is 0 Å². The van der Waals surface area contributed by atoms with E-state index in [0.717, 1.165) is 19.6 Å². The first-order chi connectivity index (χ1) is 13.5. The van der Waals surface area contributed by atoms with Crippen LogP contribution in [0.3, 0.4) is 0 Å². The van der Waals surface area contributed by atoms with Gasteiger partial charge < -0.3 is 10.6 Å². The molecule has 0 saturated carbocycles. The average Bonchev–Trinajstić information content (AvgIpc) is 2.68. The Kier molecular flexibility index (Phi) is 7.31. The maximum absolute atomic E-state index is 12.1. The van der Waals surface area contributed by atoms with E-state index < -0.39 is 5.91 Å². The van der Waals surface area contributed by atoms with Crippen LogP contribution in [0.4, 0.5) is 5.69 Å². The van der Waals surface area contributed by atoms with Crippen molar-refractivity contribution in [3.05, 3.63) is 63.6 Å². The van der Waals surface area contributed by atoms with Crippen LogP contribution in [0.25, 0.3) is 0 Å². The van der Waals surface area contributed by atoms with Crippen molar-refractivity contribution in [3.63, 3.8) is 0 Å². The van der Waals surface area contributed by atoms with Crippen LogP contribution in [0, 0.1) is 0 Å². The monoisotopic (exact) mass is 419 g/mol. The van der Waals surface area contributed by atoms with Crippen molar-refractivity contribution in [1.29, 1.82) is 0 Å². The van der Waals surface area contributed by atoms with E-state index in [0.29, 0.717) is 10.7 Å². The van der Waals surface area contributed by atoms with E-state index >= 15 is 0 Å². The molecule has 5 nitrogen and oxygen atoms in total. The van der Waals surface area contributed by atoms with Crippen LogP contribution in [-0.4, -0.2) is 36.3 Å². The summed E-state index contributed by atoms with van der Waals surface area (Å²) in [6.45, 7) is 3.09. The molecule has 1 fully saturated rings. The lowest BCUT2D eigenvalue weighted by Gasteiger charge is -2.26. The molecule has 0 spiro atoms. The molecule has 0 radical (unpaired) electrons. The molecule has 1 saturated heterocycles. The highest BCUT2D eigenvalue weighted by atomic mass is 35.5. The van der Waals surface area contributed by atoms with Crippen LogP contribution < -0.4 is 10.6 Å². The van der Waals surface area contributed by atoms with E-state index in [1.165, 1.54) is 37.0 Å². The zero-order valence-corrected chi connectivity index (χ0v) is 17.0. The zero-order valence-electron chi connectivity index (χ0n) is 15.5. The fourth-order valence-electron chi connectivity index (χ4n) is 3.20. The van der Waals surface area contributed by atoms with Crippen LogP contribution in [0.1, 0.15) is 35.2 Å². The highest BCUT2D eigenvalue weighted by Crippen LogP contribution is 2.20. The molecule has 0 aliphatic carbocycles. The molecule has 1 aliphatic rings. The number of likely N-dealkylation sites (tertiary alicyclic amines) is 1. The van der Waals surface area contributed by atoms with Gasteiger partial charge in [0.25, 0.3) is 5.91 Å². The van der Waals surface area contributed by atoms with E-state index in [4.69, 9.17) is 23.2 Å². The Morgan fingerprint density at radius 1 is 0.964 bits per heavy atom. The SMILES string of the molecule is O=C(CNC(=O)c1ccc(Cl)cc1Cl)Nc1ccc(CN2CCCCC2)cc1. The van der Waals surface area contributed by atoms with E-state index in [-0.39, 0.29) is 23.0 Å². The van der Waals surface area contributed by atoms with Crippen molar-refractivity contribution in [2.24, 2.45) is 0 Å². The Balaban J connectivity index is 1.47. The third-order valence-corrected chi connectivity index (χ3v) is 5.23. The second-order valence-electron chi connectivity index (χ2n) is 6.89. The van der Waals surface area contributed by atoms with E-state index in [1.807, 2.05) is 24.3 Å². The van der Waals surface area contributed by atoms with Crippen molar-refractivity contribution in [2.75, 3.05) is 25.0 Å². The number of hydrogen-bond acceptors (Lipinski definition) is 3. The first kappa shape index (κ1) is 20.6. The molecule has 2 N–H and O–H groups in total. The lowest BCUT2D eigenvalue weighted by molar-refractivity contribution is -0.115. The molecule has 1 heterocycles. The van der Waals surface area contributed by atoms with Crippen LogP contribution in [0.2, 0.25) is 10.0 Å². The maximum atomic E-state index is 12.1.